The molecule has 0 aliphatic carbocycles. The van der Waals surface area contributed by atoms with Crippen molar-refractivity contribution in [1.82, 2.24) is 0 Å². The van der Waals surface area contributed by atoms with Crippen LogP contribution in [0.1, 0.15) is 0 Å². The van der Waals surface area contributed by atoms with E-state index in [2.05, 4.69) is 182 Å². The summed E-state index contributed by atoms with van der Waals surface area (Å²) in [4.78, 5) is 0. The summed E-state index contributed by atoms with van der Waals surface area (Å²) >= 11 is 0. The van der Waals surface area contributed by atoms with Gasteiger partial charge in [0.1, 0.15) is 0 Å². The Morgan fingerprint density at radius 2 is 0.694 bits per heavy atom. The normalized spacial score (nSPS) is 15.3. The van der Waals surface area contributed by atoms with E-state index in [1.165, 1.54) is 59.2 Å². The van der Waals surface area contributed by atoms with Crippen LogP contribution in [0.4, 0.5) is 0 Å². The topological polar surface area (TPSA) is 0 Å². The Hall–Kier alpha value is -3.62. The van der Waals surface area contributed by atoms with E-state index in [1.807, 2.05) is 0 Å². The Labute approximate surface area is 314 Å². The van der Waals surface area contributed by atoms with Gasteiger partial charge in [-0.25, -0.2) is 0 Å². The van der Waals surface area contributed by atoms with Gasteiger partial charge in [0.15, 0.2) is 0 Å². The van der Waals surface area contributed by atoms with E-state index in [-0.39, 0.29) is 45.2 Å². The van der Waals surface area contributed by atoms with E-state index in [0.29, 0.717) is 0 Å². The van der Waals surface area contributed by atoms with Gasteiger partial charge in [-0.2, -0.15) is 0 Å². The van der Waals surface area contributed by atoms with Crippen LogP contribution < -0.4 is 67.3 Å². The second-order valence-corrected chi connectivity index (χ2v) is 20.1. The van der Waals surface area contributed by atoms with Crippen LogP contribution in [0.25, 0.3) is 32.7 Å². The standard InChI is InChI=1S/C44H32P2.2ClH.Pd/c1-5-18-32(19-6-1)45(33-20-7-2-8-21-33)39-30-29-31-17-13-14-26-36(31)40(39)41-37-27-15-16-28-38(37)42-44(43(41)45)46(42,34-22-9-3-10-23-34)35-24-11-4-12-25-35;;;/h1-30,45-46H;2*1H;/q;;;+2/p-2. The first-order valence-electron chi connectivity index (χ1n) is 16.2. The quantitative estimate of drug-likeness (QED) is 0.185. The van der Waals surface area contributed by atoms with Crippen molar-refractivity contribution in [3.8, 4) is 11.1 Å². The minimum atomic E-state index is -2.77. The van der Waals surface area contributed by atoms with Gasteiger partial charge in [0.2, 0.25) is 0 Å². The molecule has 0 nitrogen and oxygen atoms in total. The number of halogens is 2. The summed E-state index contributed by atoms with van der Waals surface area (Å²) in [6.07, 6.45) is 0. The number of hydrogen-bond donors (Lipinski definition) is 0. The molecule has 2 aliphatic rings. The van der Waals surface area contributed by atoms with Crippen molar-refractivity contribution < 1.29 is 45.2 Å². The zero-order chi connectivity index (χ0) is 30.3. The van der Waals surface area contributed by atoms with Crippen LogP contribution in [0.2, 0.25) is 0 Å². The van der Waals surface area contributed by atoms with Gasteiger partial charge in [-0.3, -0.25) is 0 Å². The molecule has 10 rings (SSSR count). The Balaban J connectivity index is 0.00000126. The number of fused-ring (bicyclic) bond motifs is 10. The van der Waals surface area contributed by atoms with E-state index >= 15 is 0 Å². The minimum absolute atomic E-state index is 0. The van der Waals surface area contributed by atoms with Crippen LogP contribution in [0.15, 0.2) is 182 Å². The van der Waals surface area contributed by atoms with Gasteiger partial charge in [0, 0.05) is 0 Å². The van der Waals surface area contributed by atoms with Crippen LogP contribution in [-0.4, -0.2) is 0 Å². The number of benzene rings is 8. The molecule has 5 heteroatoms. The molecule has 0 unspecified atom stereocenters. The molecule has 0 saturated heterocycles. The van der Waals surface area contributed by atoms with Crippen LogP contribution in [0.3, 0.4) is 0 Å². The van der Waals surface area contributed by atoms with Crippen LogP contribution in [0.5, 0.6) is 0 Å². The van der Waals surface area contributed by atoms with Crippen molar-refractivity contribution in [1.29, 1.82) is 0 Å². The van der Waals surface area contributed by atoms with Crippen LogP contribution in [-0.2, 0) is 20.4 Å². The molecule has 0 N–H and O–H groups in total. The van der Waals surface area contributed by atoms with Gasteiger partial charge in [-0.05, 0) is 0 Å². The van der Waals surface area contributed by atoms with Gasteiger partial charge in [0.05, 0.1) is 0 Å². The van der Waals surface area contributed by atoms with Crippen LogP contribution >= 0.6 is 14.5 Å². The summed E-state index contributed by atoms with van der Waals surface area (Å²) in [5.74, 6) is 0. The van der Waals surface area contributed by atoms with Gasteiger partial charge >= 0.3 is 292 Å². The summed E-state index contributed by atoms with van der Waals surface area (Å²) in [5, 5.41) is 17.8. The third kappa shape index (κ3) is 4.48. The molecule has 0 amide bonds. The van der Waals surface area contributed by atoms with Crippen molar-refractivity contribution in [3.05, 3.63) is 182 Å². The number of rotatable bonds is 4. The van der Waals surface area contributed by atoms with Crippen molar-refractivity contribution >= 4 is 78.5 Å². The first-order chi connectivity index (χ1) is 22.9. The summed E-state index contributed by atoms with van der Waals surface area (Å²) < 4.78 is 0. The Morgan fingerprint density at radius 3 is 1.20 bits per heavy atom. The second kappa shape index (κ2) is 12.9. The van der Waals surface area contributed by atoms with Crippen molar-refractivity contribution in [2.24, 2.45) is 0 Å². The Morgan fingerprint density at radius 1 is 0.286 bits per heavy atom. The fourth-order valence-electron chi connectivity index (χ4n) is 8.99. The average molecular weight is 800 g/mol. The van der Waals surface area contributed by atoms with Gasteiger partial charge in [-0.15, -0.1) is 0 Å². The molecule has 8 aromatic carbocycles. The fourth-order valence-corrected chi connectivity index (χ4v) is 20.7. The SMILES string of the molecule is [Cl-].[Cl-].[Pd+2].c1ccc([PH]2(c3ccccc3)c3ccc4ccccc4c3-c3c2c2c(c4ccccc34)[PH]2(c2ccccc2)c2ccccc2)cc1. The predicted molar refractivity (Wildman–Crippen MR) is 206 cm³/mol. The molecule has 0 bridgehead atoms. The molecule has 49 heavy (non-hydrogen) atoms. The van der Waals surface area contributed by atoms with Gasteiger partial charge < -0.3 is 24.8 Å². The maximum absolute atomic E-state index is 2.77. The van der Waals surface area contributed by atoms with Crippen molar-refractivity contribution in [2.45, 2.75) is 0 Å². The molecule has 242 valence electrons. The Bertz CT molecular complexity index is 2390. The van der Waals surface area contributed by atoms with E-state index in [0.717, 1.165) is 0 Å². The number of hydrogen-bond acceptors (Lipinski definition) is 0. The Kier molecular flexibility index (Phi) is 8.93. The fraction of sp³-hybridized carbons (Fsp3) is 0. The molecule has 0 spiro atoms. The summed E-state index contributed by atoms with van der Waals surface area (Å²) in [6, 6.07) is 69.3. The molecule has 2 aliphatic heterocycles. The van der Waals surface area contributed by atoms with E-state index in [9.17, 15) is 0 Å². The molecular weight excluding hydrogens is 768 g/mol. The molecular formula is C44H32Cl2P2Pd. The second-order valence-electron chi connectivity index (χ2n) is 12.7. The average Bonchev–Trinajstić information content (AvgIpc) is 3.75. The van der Waals surface area contributed by atoms with Gasteiger partial charge in [0.25, 0.3) is 0 Å². The molecule has 0 aromatic heterocycles. The monoisotopic (exact) mass is 798 g/mol. The molecule has 8 aromatic rings. The molecule has 0 fully saturated rings. The van der Waals surface area contributed by atoms with E-state index in [1.54, 1.807) is 15.9 Å². The zero-order valence-corrected chi connectivity index (χ0v) is 31.5. The zero-order valence-electron chi connectivity index (χ0n) is 26.4. The maximum atomic E-state index is 2.50. The molecule has 2 heterocycles. The summed E-state index contributed by atoms with van der Waals surface area (Å²) in [5.41, 5.74) is 2.92. The van der Waals surface area contributed by atoms with Crippen LogP contribution in [0, 0.1) is 0 Å². The van der Waals surface area contributed by atoms with Crippen molar-refractivity contribution in [3.63, 3.8) is 0 Å². The summed E-state index contributed by atoms with van der Waals surface area (Å²) in [6.45, 7) is 0. The molecule has 0 radical (unpaired) electrons. The summed E-state index contributed by atoms with van der Waals surface area (Å²) in [7, 11) is -5.26. The third-order valence-electron chi connectivity index (χ3n) is 10.7. The molecule has 0 atom stereocenters. The van der Waals surface area contributed by atoms with Crippen molar-refractivity contribution in [2.75, 3.05) is 0 Å². The van der Waals surface area contributed by atoms with E-state index in [4.69, 9.17) is 0 Å². The van der Waals surface area contributed by atoms with E-state index < -0.39 is 14.5 Å². The first-order valence-corrected chi connectivity index (χ1v) is 20.2. The first kappa shape index (κ1) is 33.9. The molecule has 0 saturated carbocycles. The predicted octanol–water partition coefficient (Wildman–Crippen LogP) is 0.996. The van der Waals surface area contributed by atoms with Gasteiger partial charge in [-0.1, -0.05) is 0 Å². The third-order valence-corrected chi connectivity index (χ3v) is 20.5.